The molecule has 0 aromatic rings. The molecule has 1 saturated heterocycles. The second kappa shape index (κ2) is 11.9. The molecule has 0 radical (unpaired) electrons. The Labute approximate surface area is 279 Å². The molecule has 1 spiro atoms. The molecule has 7 aliphatic carbocycles. The zero-order valence-electron chi connectivity index (χ0n) is 28.5. The van der Waals surface area contributed by atoms with Crippen molar-refractivity contribution in [3.05, 3.63) is 47.6 Å². The molecule has 3 aliphatic heterocycles. The number of hydrogen-bond acceptors (Lipinski definition) is 3. The first-order chi connectivity index (χ1) is 22.8. The van der Waals surface area contributed by atoms with E-state index < -0.39 is 0 Å². The van der Waals surface area contributed by atoms with E-state index in [4.69, 9.17) is 9.73 Å². The van der Waals surface area contributed by atoms with Crippen LogP contribution in [0.4, 0.5) is 0 Å². The van der Waals surface area contributed by atoms with Gasteiger partial charge in [-0.25, -0.2) is 0 Å². The molecular weight excluding hydrogens is 560 g/mol. The highest BCUT2D eigenvalue weighted by molar-refractivity contribution is 6.00. The molecule has 4 saturated carbocycles. The maximum Gasteiger partial charge on any atom is 0.0794 e. The Morgan fingerprint density at radius 2 is 1.65 bits per heavy atom. The topological polar surface area (TPSA) is 33.6 Å². The van der Waals surface area contributed by atoms with Crippen LogP contribution in [-0.4, -0.2) is 36.0 Å². The molecule has 0 bridgehead atoms. The predicted molar refractivity (Wildman–Crippen MR) is 188 cm³/mol. The number of hydrogen-bond donors (Lipinski definition) is 1. The third kappa shape index (κ3) is 4.52. The Bertz CT molecular complexity index is 1340. The summed E-state index contributed by atoms with van der Waals surface area (Å²) in [6, 6.07) is 1.51. The first-order valence-corrected chi connectivity index (χ1v) is 20.5. The molecule has 5 fully saturated rings. The van der Waals surface area contributed by atoms with E-state index in [2.05, 4.69) is 41.8 Å². The summed E-state index contributed by atoms with van der Waals surface area (Å²) in [6.45, 7) is 0. The van der Waals surface area contributed by atoms with Gasteiger partial charge in [-0.2, -0.15) is 0 Å². The van der Waals surface area contributed by atoms with Crippen molar-refractivity contribution in [2.75, 3.05) is 0 Å². The molecule has 10 aliphatic rings. The number of rotatable bonds is 2. The van der Waals surface area contributed by atoms with Gasteiger partial charge in [0.05, 0.1) is 18.2 Å². The second-order valence-electron chi connectivity index (χ2n) is 17.8. The lowest BCUT2D eigenvalue weighted by molar-refractivity contribution is -0.164. The van der Waals surface area contributed by atoms with Gasteiger partial charge in [-0.1, -0.05) is 49.3 Å². The first kappa shape index (κ1) is 29.5. The summed E-state index contributed by atoms with van der Waals surface area (Å²) in [4.78, 5) is 5.64. The Hall–Kier alpha value is -1.45. The highest BCUT2D eigenvalue weighted by atomic mass is 16.5. The third-order valence-electron chi connectivity index (χ3n) is 16.0. The van der Waals surface area contributed by atoms with Crippen LogP contribution in [0.5, 0.6) is 0 Å². The van der Waals surface area contributed by atoms with Crippen LogP contribution in [0.25, 0.3) is 0 Å². The summed E-state index contributed by atoms with van der Waals surface area (Å²) >= 11 is 0. The van der Waals surface area contributed by atoms with Gasteiger partial charge in [0.1, 0.15) is 0 Å². The van der Waals surface area contributed by atoms with E-state index in [1.165, 1.54) is 134 Å². The van der Waals surface area contributed by atoms with Gasteiger partial charge < -0.3 is 10.1 Å². The van der Waals surface area contributed by atoms with Crippen molar-refractivity contribution in [3.63, 3.8) is 0 Å². The fourth-order valence-corrected chi connectivity index (χ4v) is 14.4. The Kier molecular flexibility index (Phi) is 7.59. The normalized spacial score (nSPS) is 51.0. The Balaban J connectivity index is 0.935. The van der Waals surface area contributed by atoms with E-state index in [-0.39, 0.29) is 0 Å². The smallest absolute Gasteiger partial charge is 0.0794 e. The molecule has 3 heterocycles. The highest BCUT2D eigenvalue weighted by Gasteiger charge is 2.68. The van der Waals surface area contributed by atoms with Crippen LogP contribution in [0.2, 0.25) is 0 Å². The van der Waals surface area contributed by atoms with Gasteiger partial charge in [0.25, 0.3) is 0 Å². The number of aliphatic imine (C=N–C) groups is 1. The number of fused-ring (bicyclic) bond motifs is 12. The monoisotopic (exact) mass is 620 g/mol. The number of nitrogens with zero attached hydrogens (tertiary/aromatic N) is 1. The number of allylic oxidation sites excluding steroid dienone is 5. The van der Waals surface area contributed by atoms with Gasteiger partial charge >= 0.3 is 0 Å². The fourth-order valence-electron chi connectivity index (χ4n) is 14.4. The molecule has 0 aromatic heterocycles. The molecule has 0 aromatic carbocycles. The molecule has 1 N–H and O–H groups in total. The lowest BCUT2D eigenvalue weighted by atomic mass is 9.49. The highest BCUT2D eigenvalue weighted by Crippen LogP contribution is 2.72. The second-order valence-corrected chi connectivity index (χ2v) is 17.8. The Morgan fingerprint density at radius 1 is 0.717 bits per heavy atom. The first-order valence-electron chi connectivity index (χ1n) is 20.5. The van der Waals surface area contributed by atoms with E-state index in [1.807, 2.05) is 5.57 Å². The van der Waals surface area contributed by atoms with Gasteiger partial charge in [-0.3, -0.25) is 4.99 Å². The number of nitrogens with one attached hydrogen (secondary N) is 1. The molecule has 3 heteroatoms. The lowest BCUT2D eigenvalue weighted by Crippen LogP contribution is -2.61. The maximum atomic E-state index is 7.37. The van der Waals surface area contributed by atoms with Crippen molar-refractivity contribution in [2.24, 2.45) is 57.8 Å². The zero-order chi connectivity index (χ0) is 30.2. The molecule has 14 unspecified atom stereocenters. The van der Waals surface area contributed by atoms with Gasteiger partial charge in [0, 0.05) is 23.2 Å². The maximum absolute atomic E-state index is 7.37. The van der Waals surface area contributed by atoms with Crippen molar-refractivity contribution < 1.29 is 4.74 Å². The minimum Gasteiger partial charge on any atom is -0.370 e. The quantitative estimate of drug-likeness (QED) is 0.312. The van der Waals surface area contributed by atoms with E-state index in [9.17, 15) is 0 Å². The summed E-state index contributed by atoms with van der Waals surface area (Å²) < 4.78 is 7.37. The molecule has 14 atom stereocenters. The van der Waals surface area contributed by atoms with Crippen LogP contribution >= 0.6 is 0 Å². The van der Waals surface area contributed by atoms with Crippen LogP contribution < -0.4 is 5.32 Å². The largest absolute Gasteiger partial charge is 0.370 e. The van der Waals surface area contributed by atoms with E-state index in [0.29, 0.717) is 47.6 Å². The predicted octanol–water partition coefficient (Wildman–Crippen LogP) is 9.70. The standard InChI is InChI=1S/C43H60N2O/c1-2-10-27(11-3-1)37-24-21-28-18-19-29-22-25-38(45-42(29)41(28)44-37)30-20-23-36-40(26-30)46-39-17-9-8-16-35(39)43(36)33-14-6-4-12-31(33)32-13-5-7-15-34(32)43/h4,10,12,16,22,25,28-34,36,38-42,45H,1-3,5-9,11,13-15,17-21,23-24,26H2. The molecular formula is C43H60N2O. The van der Waals surface area contributed by atoms with Gasteiger partial charge in [0.15, 0.2) is 0 Å². The van der Waals surface area contributed by atoms with Crippen molar-refractivity contribution >= 4 is 5.71 Å². The van der Waals surface area contributed by atoms with Crippen LogP contribution in [0, 0.1) is 52.8 Å². The molecule has 0 amide bonds. The minimum absolute atomic E-state index is 0.406. The summed E-state index contributed by atoms with van der Waals surface area (Å²) in [7, 11) is 0. The molecule has 248 valence electrons. The van der Waals surface area contributed by atoms with E-state index in [0.717, 1.165) is 35.5 Å². The third-order valence-corrected chi connectivity index (χ3v) is 16.0. The SMILES string of the molecule is C1=CC2C3CCCCC3C3(C4=CCCCC4OC4CC(C5C=CC6CCC7CCC(C8=CCCCC8)=NC7C6N5)CCC43)C2CC1. The summed E-state index contributed by atoms with van der Waals surface area (Å²) in [5, 5.41) is 4.36. The molecule has 46 heavy (non-hydrogen) atoms. The molecule has 3 nitrogen and oxygen atoms in total. The lowest BCUT2D eigenvalue weighted by Gasteiger charge is -2.61. The number of ether oxygens (including phenoxy) is 1. The summed E-state index contributed by atoms with van der Waals surface area (Å²) in [6.07, 6.45) is 43.9. The Morgan fingerprint density at radius 3 is 2.61 bits per heavy atom. The summed E-state index contributed by atoms with van der Waals surface area (Å²) in [5.41, 5.74) is 5.36. The van der Waals surface area contributed by atoms with Crippen molar-refractivity contribution in [1.29, 1.82) is 0 Å². The molecule has 10 rings (SSSR count). The van der Waals surface area contributed by atoms with Crippen LogP contribution in [0.3, 0.4) is 0 Å². The summed E-state index contributed by atoms with van der Waals surface area (Å²) in [5.74, 6) is 6.43. The van der Waals surface area contributed by atoms with Gasteiger partial charge in [-0.15, -0.1) is 0 Å². The van der Waals surface area contributed by atoms with Crippen LogP contribution in [0.1, 0.15) is 128 Å². The van der Waals surface area contributed by atoms with Gasteiger partial charge in [-0.05, 0) is 174 Å². The fraction of sp³-hybridized carbons (Fsp3) is 0.791. The average Bonchev–Trinajstić information content (AvgIpc) is 3.42. The van der Waals surface area contributed by atoms with Crippen molar-refractivity contribution in [3.8, 4) is 0 Å². The zero-order valence-corrected chi connectivity index (χ0v) is 28.5. The van der Waals surface area contributed by atoms with Crippen molar-refractivity contribution in [1.82, 2.24) is 5.32 Å². The minimum atomic E-state index is 0.406. The van der Waals surface area contributed by atoms with E-state index >= 15 is 0 Å². The average molecular weight is 621 g/mol. The van der Waals surface area contributed by atoms with E-state index in [1.54, 1.807) is 5.57 Å². The van der Waals surface area contributed by atoms with Crippen molar-refractivity contribution in [2.45, 2.75) is 159 Å². The van der Waals surface area contributed by atoms with Gasteiger partial charge in [0.2, 0.25) is 0 Å². The van der Waals surface area contributed by atoms with Crippen LogP contribution in [-0.2, 0) is 4.74 Å². The van der Waals surface area contributed by atoms with Crippen LogP contribution in [0.15, 0.2) is 52.6 Å².